The fourth-order valence-electron chi connectivity index (χ4n) is 2.79. The van der Waals surface area contributed by atoms with Crippen LogP contribution in [0.4, 0.5) is 4.39 Å². The minimum Gasteiger partial charge on any atom is -0.491 e. The number of aromatic nitrogens is 2. The maximum atomic E-state index is 12.9. The van der Waals surface area contributed by atoms with Crippen LogP contribution in [-0.2, 0) is 11.3 Å². The zero-order chi connectivity index (χ0) is 16.1. The predicted molar refractivity (Wildman–Crippen MR) is 83.6 cm³/mol. The Bertz CT molecular complexity index is 623. The molecule has 1 aliphatic heterocycles. The number of nitrogens with zero attached hydrogens (tertiary/aromatic N) is 3. The lowest BCUT2D eigenvalue weighted by Gasteiger charge is -2.28. The molecule has 0 saturated carbocycles. The van der Waals surface area contributed by atoms with E-state index in [2.05, 4.69) is 14.9 Å². The molecule has 1 aromatic carbocycles. The number of halogens is 1. The summed E-state index contributed by atoms with van der Waals surface area (Å²) in [5.74, 6) is 0.380. The molecule has 1 fully saturated rings. The first-order valence-electron chi connectivity index (χ1n) is 7.60. The highest BCUT2D eigenvalue weighted by Crippen LogP contribution is 2.27. The van der Waals surface area contributed by atoms with Crippen molar-refractivity contribution in [2.45, 2.75) is 18.6 Å². The highest BCUT2D eigenvalue weighted by atomic mass is 19.1. The highest BCUT2D eigenvalue weighted by molar-refractivity contribution is 5.22. The Morgan fingerprint density at radius 3 is 2.78 bits per heavy atom. The van der Waals surface area contributed by atoms with Crippen molar-refractivity contribution in [2.75, 3.05) is 26.8 Å². The van der Waals surface area contributed by atoms with Crippen molar-refractivity contribution < 1.29 is 13.9 Å². The minimum atomic E-state index is -0.351. The number of likely N-dealkylation sites (tertiary alicyclic amines) is 1. The second-order valence-corrected chi connectivity index (χ2v) is 5.79. The molecule has 1 saturated heterocycles. The van der Waals surface area contributed by atoms with Gasteiger partial charge >= 0.3 is 0 Å². The Balaban J connectivity index is 1.57. The quantitative estimate of drug-likeness (QED) is 0.818. The zero-order valence-corrected chi connectivity index (χ0v) is 13.1. The normalized spacial score (nSPS) is 21.5. The summed E-state index contributed by atoms with van der Waals surface area (Å²) in [4.78, 5) is 10.7. The Kier molecular flexibility index (Phi) is 4.83. The van der Waals surface area contributed by atoms with Gasteiger partial charge in [-0.3, -0.25) is 14.9 Å². The average Bonchev–Trinajstić information content (AvgIpc) is 2.99. The first kappa shape index (κ1) is 15.8. The van der Waals surface area contributed by atoms with Gasteiger partial charge in [0.15, 0.2) is 0 Å². The molecular weight excluding hydrogens is 297 g/mol. The molecular formula is C17H20FN3O2. The number of benzene rings is 1. The van der Waals surface area contributed by atoms with Gasteiger partial charge in [-0.1, -0.05) is 0 Å². The average molecular weight is 317 g/mol. The van der Waals surface area contributed by atoms with Crippen molar-refractivity contribution in [3.8, 4) is 5.75 Å². The van der Waals surface area contributed by atoms with Crippen LogP contribution in [0.5, 0.6) is 5.75 Å². The lowest BCUT2D eigenvalue weighted by Crippen LogP contribution is -2.41. The smallest absolute Gasteiger partial charge is 0.123 e. The van der Waals surface area contributed by atoms with Crippen molar-refractivity contribution in [1.29, 1.82) is 0 Å². The largest absolute Gasteiger partial charge is 0.491 e. The molecule has 23 heavy (non-hydrogen) atoms. The van der Waals surface area contributed by atoms with E-state index in [1.54, 1.807) is 37.8 Å². The van der Waals surface area contributed by atoms with Gasteiger partial charge in [0, 0.05) is 45.3 Å². The van der Waals surface area contributed by atoms with E-state index in [0.717, 1.165) is 31.7 Å². The van der Waals surface area contributed by atoms with Crippen LogP contribution in [-0.4, -0.2) is 47.3 Å². The molecule has 122 valence electrons. The van der Waals surface area contributed by atoms with Crippen molar-refractivity contribution in [3.05, 3.63) is 54.4 Å². The van der Waals surface area contributed by atoms with Crippen LogP contribution in [0.25, 0.3) is 0 Å². The third-order valence-electron chi connectivity index (χ3n) is 4.15. The zero-order valence-electron chi connectivity index (χ0n) is 13.1. The van der Waals surface area contributed by atoms with Crippen LogP contribution in [0.2, 0.25) is 0 Å². The summed E-state index contributed by atoms with van der Waals surface area (Å²) in [6.07, 6.45) is 6.03. The predicted octanol–water partition coefficient (Wildman–Crippen LogP) is 2.29. The van der Waals surface area contributed by atoms with Gasteiger partial charge in [-0.2, -0.15) is 0 Å². The number of rotatable bonds is 6. The minimum absolute atomic E-state index is 0.269. The van der Waals surface area contributed by atoms with E-state index in [9.17, 15) is 4.39 Å². The van der Waals surface area contributed by atoms with Crippen LogP contribution >= 0.6 is 0 Å². The third kappa shape index (κ3) is 4.03. The Morgan fingerprint density at radius 2 is 2.09 bits per heavy atom. The second-order valence-electron chi connectivity index (χ2n) is 5.79. The number of hydrogen-bond donors (Lipinski definition) is 0. The van der Waals surface area contributed by atoms with Crippen LogP contribution in [0.15, 0.2) is 42.9 Å². The molecule has 2 aromatic rings. The van der Waals surface area contributed by atoms with Crippen LogP contribution in [0.1, 0.15) is 12.1 Å². The molecule has 1 aliphatic rings. The molecule has 3 rings (SSSR count). The summed E-state index contributed by atoms with van der Waals surface area (Å²) in [6, 6.07) is 6.05. The molecule has 0 amide bonds. The van der Waals surface area contributed by atoms with Crippen molar-refractivity contribution in [1.82, 2.24) is 14.9 Å². The van der Waals surface area contributed by atoms with E-state index in [1.165, 1.54) is 12.1 Å². The van der Waals surface area contributed by atoms with Crippen LogP contribution in [0, 0.1) is 5.82 Å². The van der Waals surface area contributed by atoms with E-state index >= 15 is 0 Å². The van der Waals surface area contributed by atoms with E-state index in [1.807, 2.05) is 0 Å². The fourth-order valence-corrected chi connectivity index (χ4v) is 2.79. The molecule has 0 bridgehead atoms. The maximum Gasteiger partial charge on any atom is 0.123 e. The Labute approximate surface area is 135 Å². The first-order valence-corrected chi connectivity index (χ1v) is 7.60. The monoisotopic (exact) mass is 317 g/mol. The van der Waals surface area contributed by atoms with Gasteiger partial charge in [0.1, 0.15) is 23.8 Å². The molecule has 1 atom stereocenters. The van der Waals surface area contributed by atoms with Gasteiger partial charge in [0.2, 0.25) is 0 Å². The van der Waals surface area contributed by atoms with Crippen molar-refractivity contribution >= 4 is 0 Å². The molecule has 0 unspecified atom stereocenters. The maximum absolute atomic E-state index is 12.9. The molecule has 0 spiro atoms. The molecule has 0 N–H and O–H groups in total. The standard InChI is InChI=1S/C17H20FN3O2/c1-22-17(13-23-16-4-2-14(18)3-5-16)6-9-21(12-17)11-15-10-19-7-8-20-15/h2-5,7-8,10H,6,9,11-13H2,1H3/t17-/m1/s1. The lowest BCUT2D eigenvalue weighted by molar-refractivity contribution is -0.0360. The number of methoxy groups -OCH3 is 1. The number of hydrogen-bond acceptors (Lipinski definition) is 5. The number of ether oxygens (including phenoxy) is 2. The van der Waals surface area contributed by atoms with E-state index in [-0.39, 0.29) is 11.4 Å². The van der Waals surface area contributed by atoms with Gasteiger partial charge in [-0.15, -0.1) is 0 Å². The van der Waals surface area contributed by atoms with E-state index in [0.29, 0.717) is 12.4 Å². The van der Waals surface area contributed by atoms with E-state index in [4.69, 9.17) is 9.47 Å². The first-order chi connectivity index (χ1) is 11.2. The molecule has 1 aromatic heterocycles. The molecule has 2 heterocycles. The van der Waals surface area contributed by atoms with Gasteiger partial charge in [0.05, 0.1) is 5.69 Å². The van der Waals surface area contributed by atoms with Crippen molar-refractivity contribution in [2.24, 2.45) is 0 Å². The second kappa shape index (κ2) is 7.02. The molecule has 6 heteroatoms. The molecule has 5 nitrogen and oxygen atoms in total. The van der Waals surface area contributed by atoms with Gasteiger partial charge < -0.3 is 9.47 Å². The van der Waals surface area contributed by atoms with Crippen LogP contribution in [0.3, 0.4) is 0 Å². The summed E-state index contributed by atoms with van der Waals surface area (Å²) in [7, 11) is 1.71. The SMILES string of the molecule is CO[C@]1(COc2ccc(F)cc2)CCN(Cc2cnccn2)C1. The third-order valence-corrected chi connectivity index (χ3v) is 4.15. The van der Waals surface area contributed by atoms with E-state index < -0.39 is 0 Å². The van der Waals surface area contributed by atoms with Gasteiger partial charge in [0.25, 0.3) is 0 Å². The Morgan fingerprint density at radius 1 is 1.26 bits per heavy atom. The molecule has 0 aliphatic carbocycles. The fraction of sp³-hybridized carbons (Fsp3) is 0.412. The van der Waals surface area contributed by atoms with Crippen molar-refractivity contribution in [3.63, 3.8) is 0 Å². The lowest BCUT2D eigenvalue weighted by atomic mass is 10.0. The summed E-state index contributed by atoms with van der Waals surface area (Å²) in [5, 5.41) is 0. The van der Waals surface area contributed by atoms with Gasteiger partial charge in [-0.25, -0.2) is 4.39 Å². The van der Waals surface area contributed by atoms with Gasteiger partial charge in [-0.05, 0) is 30.7 Å². The Hall–Kier alpha value is -2.05. The summed E-state index contributed by atoms with van der Waals surface area (Å²) in [5.41, 5.74) is 0.593. The topological polar surface area (TPSA) is 47.5 Å². The highest BCUT2D eigenvalue weighted by Gasteiger charge is 2.39. The van der Waals surface area contributed by atoms with Crippen LogP contribution < -0.4 is 4.74 Å². The molecule has 0 radical (unpaired) electrons. The summed E-state index contributed by atoms with van der Waals surface area (Å²) >= 11 is 0. The summed E-state index contributed by atoms with van der Waals surface area (Å²) < 4.78 is 24.5. The summed E-state index contributed by atoms with van der Waals surface area (Å²) in [6.45, 7) is 2.86.